The molecule has 90 valence electrons. The van der Waals surface area contributed by atoms with Gasteiger partial charge in [-0.1, -0.05) is 17.9 Å². The Morgan fingerprint density at radius 1 is 1.53 bits per heavy atom. The van der Waals surface area contributed by atoms with E-state index in [1.807, 2.05) is 0 Å². The zero-order valence-corrected chi connectivity index (χ0v) is 9.59. The van der Waals surface area contributed by atoms with Gasteiger partial charge in [-0.3, -0.25) is 4.79 Å². The van der Waals surface area contributed by atoms with Gasteiger partial charge in [0.2, 0.25) is 5.91 Å². The molecule has 2 N–H and O–H groups in total. The molecule has 1 rings (SSSR count). The Bertz CT molecular complexity index is 460. The summed E-state index contributed by atoms with van der Waals surface area (Å²) in [7, 11) is 0. The molecule has 0 aliphatic carbocycles. The van der Waals surface area contributed by atoms with E-state index in [0.29, 0.717) is 18.5 Å². The first kappa shape index (κ1) is 13.2. The van der Waals surface area contributed by atoms with E-state index in [1.54, 1.807) is 0 Å². The number of nitrogens with one attached hydrogen (secondary N) is 1. The number of carbonyl (C=O) groups is 1. The van der Waals surface area contributed by atoms with Crippen molar-refractivity contribution in [2.75, 3.05) is 6.54 Å². The van der Waals surface area contributed by atoms with Gasteiger partial charge in [0.25, 0.3) is 0 Å². The third-order valence-electron chi connectivity index (χ3n) is 2.06. The van der Waals surface area contributed by atoms with Gasteiger partial charge in [0.05, 0.1) is 12.2 Å². The standard InChI is InChI=1S/C13H14FNO2/c1-10(17)15-7-3-2-4-12-8-11(9-16)5-6-13(12)14/h5-6,8,16H,3,7,9H2,1H3,(H,15,17). The Balaban J connectivity index is 2.61. The third kappa shape index (κ3) is 4.66. The van der Waals surface area contributed by atoms with Crippen LogP contribution in [0.2, 0.25) is 0 Å². The minimum Gasteiger partial charge on any atom is -0.392 e. The van der Waals surface area contributed by atoms with E-state index in [9.17, 15) is 9.18 Å². The Morgan fingerprint density at radius 3 is 2.94 bits per heavy atom. The number of aliphatic hydroxyl groups excluding tert-OH is 1. The monoisotopic (exact) mass is 235 g/mol. The van der Waals surface area contributed by atoms with Gasteiger partial charge in [0.15, 0.2) is 0 Å². The van der Waals surface area contributed by atoms with E-state index in [-0.39, 0.29) is 18.1 Å². The highest BCUT2D eigenvalue weighted by Crippen LogP contribution is 2.09. The molecule has 1 aromatic rings. The smallest absolute Gasteiger partial charge is 0.216 e. The summed E-state index contributed by atoms with van der Waals surface area (Å²) in [5.74, 6) is 4.92. The Kier molecular flexibility index (Phi) is 5.18. The van der Waals surface area contributed by atoms with E-state index in [0.717, 1.165) is 0 Å². The summed E-state index contributed by atoms with van der Waals surface area (Å²) in [6, 6.07) is 4.31. The molecule has 0 bridgehead atoms. The normalized spacial score (nSPS) is 9.35. The van der Waals surface area contributed by atoms with E-state index < -0.39 is 5.82 Å². The van der Waals surface area contributed by atoms with Crippen LogP contribution in [0, 0.1) is 17.7 Å². The summed E-state index contributed by atoms with van der Waals surface area (Å²) in [5, 5.41) is 11.5. The molecule has 0 atom stereocenters. The maximum Gasteiger partial charge on any atom is 0.216 e. The van der Waals surface area contributed by atoms with E-state index in [1.165, 1.54) is 25.1 Å². The Hall–Kier alpha value is -1.86. The molecule has 0 radical (unpaired) electrons. The number of hydrogen-bond donors (Lipinski definition) is 2. The highest BCUT2D eigenvalue weighted by molar-refractivity contribution is 5.72. The number of aliphatic hydroxyl groups is 1. The molecule has 0 aromatic heterocycles. The van der Waals surface area contributed by atoms with Crippen molar-refractivity contribution < 1.29 is 14.3 Å². The molecule has 4 heteroatoms. The van der Waals surface area contributed by atoms with E-state index in [2.05, 4.69) is 17.2 Å². The minimum atomic E-state index is -0.408. The lowest BCUT2D eigenvalue weighted by molar-refractivity contribution is -0.118. The molecule has 0 saturated heterocycles. The summed E-state index contributed by atoms with van der Waals surface area (Å²) >= 11 is 0. The maximum atomic E-state index is 13.3. The predicted octanol–water partition coefficient (Wildman–Crippen LogP) is 1.20. The minimum absolute atomic E-state index is 0.111. The van der Waals surface area contributed by atoms with Crippen LogP contribution in [0.5, 0.6) is 0 Å². The molecule has 1 aromatic carbocycles. The number of rotatable bonds is 3. The molecule has 0 heterocycles. The summed E-state index contributed by atoms with van der Waals surface area (Å²) < 4.78 is 13.3. The fourth-order valence-corrected chi connectivity index (χ4v) is 1.23. The Labute approximate surface area is 99.7 Å². The lowest BCUT2D eigenvalue weighted by Crippen LogP contribution is -2.20. The van der Waals surface area contributed by atoms with Crippen molar-refractivity contribution in [3.63, 3.8) is 0 Å². The fourth-order valence-electron chi connectivity index (χ4n) is 1.23. The van der Waals surface area contributed by atoms with E-state index in [4.69, 9.17) is 5.11 Å². The van der Waals surface area contributed by atoms with Crippen LogP contribution < -0.4 is 5.32 Å². The molecule has 0 unspecified atom stereocenters. The number of benzene rings is 1. The van der Waals surface area contributed by atoms with Gasteiger partial charge in [-0.05, 0) is 17.7 Å². The first-order chi connectivity index (χ1) is 8.13. The second kappa shape index (κ2) is 6.66. The van der Waals surface area contributed by atoms with Gasteiger partial charge in [0.1, 0.15) is 5.82 Å². The van der Waals surface area contributed by atoms with Crippen molar-refractivity contribution in [3.05, 3.63) is 35.1 Å². The van der Waals surface area contributed by atoms with Crippen molar-refractivity contribution in [3.8, 4) is 11.8 Å². The van der Waals surface area contributed by atoms with Crippen molar-refractivity contribution in [2.24, 2.45) is 0 Å². The van der Waals surface area contributed by atoms with Crippen LogP contribution in [0.3, 0.4) is 0 Å². The first-order valence-corrected chi connectivity index (χ1v) is 5.26. The van der Waals surface area contributed by atoms with Crippen LogP contribution in [0.15, 0.2) is 18.2 Å². The molecule has 17 heavy (non-hydrogen) atoms. The molecular weight excluding hydrogens is 221 g/mol. The van der Waals surface area contributed by atoms with Gasteiger partial charge >= 0.3 is 0 Å². The SMILES string of the molecule is CC(=O)NCCC#Cc1cc(CO)ccc1F. The van der Waals surface area contributed by atoms with Gasteiger partial charge < -0.3 is 10.4 Å². The van der Waals surface area contributed by atoms with Crippen LogP contribution in [-0.2, 0) is 11.4 Å². The van der Waals surface area contributed by atoms with Crippen LogP contribution in [0.4, 0.5) is 4.39 Å². The summed E-state index contributed by atoms with van der Waals surface area (Å²) in [5.41, 5.74) is 0.886. The highest BCUT2D eigenvalue weighted by Gasteiger charge is 1.99. The number of halogens is 1. The molecular formula is C13H14FNO2. The summed E-state index contributed by atoms with van der Waals surface area (Å²) in [6.07, 6.45) is 0.461. The summed E-state index contributed by atoms with van der Waals surface area (Å²) in [4.78, 5) is 10.6. The van der Waals surface area contributed by atoms with Crippen molar-refractivity contribution in [1.82, 2.24) is 5.32 Å². The largest absolute Gasteiger partial charge is 0.392 e. The number of carbonyl (C=O) groups excluding carboxylic acids is 1. The average molecular weight is 235 g/mol. The van der Waals surface area contributed by atoms with Crippen molar-refractivity contribution in [1.29, 1.82) is 0 Å². The van der Waals surface area contributed by atoms with Crippen molar-refractivity contribution in [2.45, 2.75) is 20.0 Å². The van der Waals surface area contributed by atoms with Gasteiger partial charge in [0, 0.05) is 19.9 Å². The highest BCUT2D eigenvalue weighted by atomic mass is 19.1. The molecule has 0 spiro atoms. The van der Waals surface area contributed by atoms with Gasteiger partial charge in [-0.15, -0.1) is 0 Å². The van der Waals surface area contributed by atoms with Crippen molar-refractivity contribution >= 4 is 5.91 Å². The molecule has 1 amide bonds. The molecule has 3 nitrogen and oxygen atoms in total. The average Bonchev–Trinajstić information content (AvgIpc) is 2.30. The van der Waals surface area contributed by atoms with Gasteiger partial charge in [-0.25, -0.2) is 4.39 Å². The zero-order valence-electron chi connectivity index (χ0n) is 9.59. The first-order valence-electron chi connectivity index (χ1n) is 5.26. The quantitative estimate of drug-likeness (QED) is 0.611. The Morgan fingerprint density at radius 2 is 2.29 bits per heavy atom. The maximum absolute atomic E-state index is 13.3. The second-order valence-electron chi connectivity index (χ2n) is 3.51. The topological polar surface area (TPSA) is 49.3 Å². The number of amides is 1. The van der Waals surface area contributed by atoms with E-state index >= 15 is 0 Å². The lowest BCUT2D eigenvalue weighted by Gasteiger charge is -1.98. The van der Waals surface area contributed by atoms with Crippen LogP contribution >= 0.6 is 0 Å². The fraction of sp³-hybridized carbons (Fsp3) is 0.308. The van der Waals surface area contributed by atoms with Crippen LogP contribution in [-0.4, -0.2) is 17.6 Å². The predicted molar refractivity (Wildman–Crippen MR) is 62.5 cm³/mol. The number of hydrogen-bond acceptors (Lipinski definition) is 2. The molecule has 0 aliphatic rings. The van der Waals surface area contributed by atoms with Gasteiger partial charge in [-0.2, -0.15) is 0 Å². The third-order valence-corrected chi connectivity index (χ3v) is 2.06. The molecule has 0 fully saturated rings. The van der Waals surface area contributed by atoms with Crippen LogP contribution in [0.25, 0.3) is 0 Å². The molecule has 0 saturated carbocycles. The molecule has 0 aliphatic heterocycles. The van der Waals surface area contributed by atoms with Crippen LogP contribution in [0.1, 0.15) is 24.5 Å². The second-order valence-corrected chi connectivity index (χ2v) is 3.51. The summed E-state index contributed by atoms with van der Waals surface area (Å²) in [6.45, 7) is 1.74. The lowest BCUT2D eigenvalue weighted by atomic mass is 10.1. The zero-order chi connectivity index (χ0) is 12.7.